The van der Waals surface area contributed by atoms with Crippen molar-refractivity contribution in [3.05, 3.63) is 37.5 Å². The Bertz CT molecular complexity index is 383. The van der Waals surface area contributed by atoms with E-state index in [4.69, 9.17) is 4.74 Å². The summed E-state index contributed by atoms with van der Waals surface area (Å²) in [6.45, 7) is 11.5. The van der Waals surface area contributed by atoms with E-state index >= 15 is 0 Å². The average Bonchev–Trinajstić information content (AvgIpc) is 2.81. The molecule has 0 spiro atoms. The van der Waals surface area contributed by atoms with Crippen LogP contribution in [0.1, 0.15) is 77.0 Å². The van der Waals surface area contributed by atoms with Crippen molar-refractivity contribution in [3.8, 4) is 0 Å². The highest BCUT2D eigenvalue weighted by molar-refractivity contribution is 5.90. The fourth-order valence-corrected chi connectivity index (χ4v) is 3.29. The lowest BCUT2D eigenvalue weighted by molar-refractivity contribution is -0.139. The van der Waals surface area contributed by atoms with Crippen molar-refractivity contribution >= 4 is 5.97 Å². The van der Waals surface area contributed by atoms with Crippen molar-refractivity contribution in [2.75, 3.05) is 0 Å². The van der Waals surface area contributed by atoms with Crippen LogP contribution in [-0.2, 0) is 9.53 Å². The molecular weight excluding hydrogens is 284 g/mol. The molecule has 2 atom stereocenters. The highest BCUT2D eigenvalue weighted by Gasteiger charge is 2.37. The molecule has 0 aliphatic carbocycles. The fourth-order valence-electron chi connectivity index (χ4n) is 3.29. The molecule has 2 nitrogen and oxygen atoms in total. The Balaban J connectivity index is 2.22. The largest absolute Gasteiger partial charge is 0.458 e. The van der Waals surface area contributed by atoms with E-state index in [1.165, 1.54) is 44.9 Å². The first kappa shape index (κ1) is 19.7. The average molecular weight is 319 g/mol. The maximum atomic E-state index is 11.8. The normalized spacial score (nSPS) is 20.5. The number of ether oxygens (including phenoxy) is 1. The van der Waals surface area contributed by atoms with Gasteiger partial charge in [0.25, 0.3) is 0 Å². The zero-order chi connectivity index (χ0) is 16.9. The second-order valence-corrected chi connectivity index (χ2v) is 6.64. The molecule has 23 heavy (non-hydrogen) atoms. The quantitative estimate of drug-likeness (QED) is 0.166. The molecule has 0 radical (unpaired) electrons. The fraction of sp³-hybridized carbons (Fsp3) is 0.667. The number of unbranched alkanes of at least 4 members (excludes halogenated alkanes) is 8. The predicted octanol–water partition coefficient (Wildman–Crippen LogP) is 6.14. The van der Waals surface area contributed by atoms with Crippen molar-refractivity contribution in [1.82, 2.24) is 0 Å². The standard InChI is InChI=1S/C21H34O2/c1-4-6-8-10-11-13-14-16-19-18(3)21(22)23-20(19)17-15-12-9-7-5-2/h4-5,19-20H,1-3,6-17H2/t19-,20+/m1/s1. The van der Waals surface area contributed by atoms with Crippen molar-refractivity contribution < 1.29 is 9.53 Å². The van der Waals surface area contributed by atoms with E-state index in [1.807, 2.05) is 12.2 Å². The Kier molecular flexibility index (Phi) is 10.4. The van der Waals surface area contributed by atoms with E-state index in [0.29, 0.717) is 5.57 Å². The van der Waals surface area contributed by atoms with E-state index in [2.05, 4.69) is 19.7 Å². The molecular formula is C21H34O2. The van der Waals surface area contributed by atoms with Gasteiger partial charge in [-0.25, -0.2) is 4.79 Å². The van der Waals surface area contributed by atoms with Crippen LogP contribution in [0.5, 0.6) is 0 Å². The van der Waals surface area contributed by atoms with Crippen molar-refractivity contribution in [2.24, 2.45) is 5.92 Å². The lowest BCUT2D eigenvalue weighted by atomic mass is 9.88. The minimum absolute atomic E-state index is 0.0690. The summed E-state index contributed by atoms with van der Waals surface area (Å²) in [4.78, 5) is 11.8. The molecule has 0 amide bonds. The molecule has 130 valence electrons. The van der Waals surface area contributed by atoms with E-state index in [1.54, 1.807) is 0 Å². The topological polar surface area (TPSA) is 26.3 Å². The molecule has 0 aromatic carbocycles. The van der Waals surface area contributed by atoms with Crippen LogP contribution in [0.4, 0.5) is 0 Å². The Morgan fingerprint density at radius 3 is 2.00 bits per heavy atom. The number of carbonyl (C=O) groups is 1. The zero-order valence-electron chi connectivity index (χ0n) is 14.7. The molecule has 1 saturated heterocycles. The van der Waals surface area contributed by atoms with Gasteiger partial charge in [0.05, 0.1) is 0 Å². The minimum Gasteiger partial charge on any atom is -0.458 e. The molecule has 0 aromatic heterocycles. The van der Waals surface area contributed by atoms with E-state index in [-0.39, 0.29) is 18.0 Å². The Morgan fingerprint density at radius 1 is 0.826 bits per heavy atom. The number of carbonyl (C=O) groups excluding carboxylic acids is 1. The van der Waals surface area contributed by atoms with E-state index < -0.39 is 0 Å². The summed E-state index contributed by atoms with van der Waals surface area (Å²) in [6, 6.07) is 0. The molecule has 1 heterocycles. The summed E-state index contributed by atoms with van der Waals surface area (Å²) in [5.41, 5.74) is 0.702. The van der Waals surface area contributed by atoms with Gasteiger partial charge in [0.2, 0.25) is 0 Å². The van der Waals surface area contributed by atoms with Crippen LogP contribution in [0.15, 0.2) is 37.5 Å². The second kappa shape index (κ2) is 12.2. The van der Waals surface area contributed by atoms with Crippen LogP contribution in [0.2, 0.25) is 0 Å². The summed E-state index contributed by atoms with van der Waals surface area (Å²) in [6.07, 6.45) is 17.9. The van der Waals surface area contributed by atoms with Gasteiger partial charge in [0, 0.05) is 11.5 Å². The van der Waals surface area contributed by atoms with Crippen LogP contribution in [0.25, 0.3) is 0 Å². The second-order valence-electron chi connectivity index (χ2n) is 6.64. The number of hydrogen-bond donors (Lipinski definition) is 0. The first-order valence-electron chi connectivity index (χ1n) is 9.32. The molecule has 0 saturated carbocycles. The van der Waals surface area contributed by atoms with Gasteiger partial charge < -0.3 is 4.74 Å². The monoisotopic (exact) mass is 318 g/mol. The smallest absolute Gasteiger partial charge is 0.334 e. The number of hydrogen-bond acceptors (Lipinski definition) is 2. The molecule has 1 fully saturated rings. The molecule has 0 unspecified atom stereocenters. The van der Waals surface area contributed by atoms with Crippen molar-refractivity contribution in [1.29, 1.82) is 0 Å². The first-order valence-corrected chi connectivity index (χ1v) is 9.32. The Morgan fingerprint density at radius 2 is 1.35 bits per heavy atom. The third kappa shape index (κ3) is 7.67. The molecule has 0 N–H and O–H groups in total. The van der Waals surface area contributed by atoms with E-state index in [9.17, 15) is 4.79 Å². The van der Waals surface area contributed by atoms with E-state index in [0.717, 1.165) is 32.1 Å². The van der Waals surface area contributed by atoms with Gasteiger partial charge in [-0.2, -0.15) is 0 Å². The molecule has 1 aliphatic rings. The van der Waals surface area contributed by atoms with Crippen molar-refractivity contribution in [3.63, 3.8) is 0 Å². The van der Waals surface area contributed by atoms with Crippen LogP contribution in [0.3, 0.4) is 0 Å². The van der Waals surface area contributed by atoms with Gasteiger partial charge in [-0.05, 0) is 44.9 Å². The summed E-state index contributed by atoms with van der Waals surface area (Å²) in [5.74, 6) is 0.0761. The molecule has 1 aliphatic heterocycles. The van der Waals surface area contributed by atoms with Crippen LogP contribution in [0, 0.1) is 5.92 Å². The number of rotatable bonds is 14. The van der Waals surface area contributed by atoms with Gasteiger partial charge in [-0.15, -0.1) is 13.2 Å². The minimum atomic E-state index is -0.169. The Hall–Kier alpha value is -1.31. The molecule has 1 rings (SSSR count). The maximum absolute atomic E-state index is 11.8. The van der Waals surface area contributed by atoms with Gasteiger partial charge in [0.15, 0.2) is 0 Å². The Labute approximate surface area is 142 Å². The molecule has 0 aromatic rings. The SMILES string of the molecule is C=CCCCCCCC[C@@H]1C(=C)C(=O)O[C@H]1CCCCCC=C. The highest BCUT2D eigenvalue weighted by atomic mass is 16.6. The van der Waals surface area contributed by atoms with Gasteiger partial charge in [-0.3, -0.25) is 0 Å². The van der Waals surface area contributed by atoms with Crippen LogP contribution in [-0.4, -0.2) is 12.1 Å². The summed E-state index contributed by atoms with van der Waals surface area (Å²) in [5, 5.41) is 0. The van der Waals surface area contributed by atoms with Gasteiger partial charge in [0.1, 0.15) is 6.10 Å². The summed E-state index contributed by atoms with van der Waals surface area (Å²) in [7, 11) is 0. The highest BCUT2D eigenvalue weighted by Crippen LogP contribution is 2.34. The third-order valence-electron chi connectivity index (χ3n) is 4.74. The lowest BCUT2D eigenvalue weighted by Crippen LogP contribution is -2.16. The number of allylic oxidation sites excluding steroid dienone is 2. The summed E-state index contributed by atoms with van der Waals surface area (Å²) >= 11 is 0. The lowest BCUT2D eigenvalue weighted by Gasteiger charge is -2.17. The zero-order valence-corrected chi connectivity index (χ0v) is 14.7. The predicted molar refractivity (Wildman–Crippen MR) is 98.3 cm³/mol. The van der Waals surface area contributed by atoms with Crippen molar-refractivity contribution in [2.45, 2.75) is 83.2 Å². The molecule has 0 bridgehead atoms. The van der Waals surface area contributed by atoms with Crippen LogP contribution >= 0.6 is 0 Å². The third-order valence-corrected chi connectivity index (χ3v) is 4.74. The summed E-state index contributed by atoms with van der Waals surface area (Å²) < 4.78 is 5.53. The number of esters is 1. The van der Waals surface area contributed by atoms with Gasteiger partial charge >= 0.3 is 5.97 Å². The maximum Gasteiger partial charge on any atom is 0.334 e. The number of cyclic esters (lactones) is 1. The molecule has 2 heteroatoms. The van der Waals surface area contributed by atoms with Crippen LogP contribution < -0.4 is 0 Å². The first-order chi connectivity index (χ1) is 11.2. The van der Waals surface area contributed by atoms with Gasteiger partial charge in [-0.1, -0.05) is 50.8 Å².